The SMILES string of the molecule is Nc1nc(-c2cccc(O)c2)nc(N2CCN(Cc3ccc4ccoc4c3)CC2)n1. The van der Waals surface area contributed by atoms with Gasteiger partial charge in [-0.1, -0.05) is 24.3 Å². The lowest BCUT2D eigenvalue weighted by Gasteiger charge is -2.34. The minimum Gasteiger partial charge on any atom is -0.508 e. The summed E-state index contributed by atoms with van der Waals surface area (Å²) in [7, 11) is 0. The molecule has 2 aromatic heterocycles. The maximum absolute atomic E-state index is 9.73. The van der Waals surface area contributed by atoms with Crippen molar-refractivity contribution in [2.75, 3.05) is 36.8 Å². The van der Waals surface area contributed by atoms with Crippen molar-refractivity contribution in [2.24, 2.45) is 0 Å². The third-order valence-corrected chi connectivity index (χ3v) is 5.33. The molecule has 0 unspecified atom stereocenters. The molecule has 3 heterocycles. The van der Waals surface area contributed by atoms with Gasteiger partial charge in [-0.2, -0.15) is 15.0 Å². The van der Waals surface area contributed by atoms with E-state index < -0.39 is 0 Å². The van der Waals surface area contributed by atoms with Gasteiger partial charge in [0.1, 0.15) is 11.3 Å². The first-order chi connectivity index (χ1) is 14.6. The summed E-state index contributed by atoms with van der Waals surface area (Å²) in [4.78, 5) is 17.7. The number of phenols is 1. The molecule has 8 heteroatoms. The third-order valence-electron chi connectivity index (χ3n) is 5.33. The van der Waals surface area contributed by atoms with Crippen LogP contribution in [0.5, 0.6) is 5.75 Å². The number of furan rings is 1. The molecule has 0 bridgehead atoms. The van der Waals surface area contributed by atoms with E-state index in [0.29, 0.717) is 17.3 Å². The highest BCUT2D eigenvalue weighted by Gasteiger charge is 2.21. The van der Waals surface area contributed by atoms with E-state index in [2.05, 4.69) is 43.0 Å². The predicted molar refractivity (Wildman–Crippen MR) is 115 cm³/mol. The van der Waals surface area contributed by atoms with Gasteiger partial charge in [0.05, 0.1) is 6.26 Å². The van der Waals surface area contributed by atoms with E-state index in [4.69, 9.17) is 10.2 Å². The lowest BCUT2D eigenvalue weighted by Crippen LogP contribution is -2.46. The number of phenolic OH excluding ortho intramolecular Hbond substituents is 1. The summed E-state index contributed by atoms with van der Waals surface area (Å²) in [5.41, 5.74) is 8.80. The highest BCUT2D eigenvalue weighted by Crippen LogP contribution is 2.23. The predicted octanol–water partition coefficient (Wildman–Crippen LogP) is 2.89. The number of piperazine rings is 1. The number of nitrogen functional groups attached to an aromatic ring is 1. The second-order valence-electron chi connectivity index (χ2n) is 7.42. The van der Waals surface area contributed by atoms with Gasteiger partial charge in [-0.25, -0.2) is 0 Å². The van der Waals surface area contributed by atoms with E-state index in [1.165, 1.54) is 5.56 Å². The molecule has 0 atom stereocenters. The summed E-state index contributed by atoms with van der Waals surface area (Å²) >= 11 is 0. The number of benzene rings is 2. The molecule has 8 nitrogen and oxygen atoms in total. The van der Waals surface area contributed by atoms with Gasteiger partial charge in [-0.05, 0) is 29.8 Å². The topological polar surface area (TPSA) is 105 Å². The molecule has 4 aromatic rings. The second kappa shape index (κ2) is 7.64. The highest BCUT2D eigenvalue weighted by molar-refractivity contribution is 5.77. The van der Waals surface area contributed by atoms with Crippen molar-refractivity contribution in [3.8, 4) is 17.1 Å². The molecule has 1 fully saturated rings. The molecule has 0 radical (unpaired) electrons. The zero-order chi connectivity index (χ0) is 20.5. The largest absolute Gasteiger partial charge is 0.508 e. The third kappa shape index (κ3) is 3.77. The zero-order valence-corrected chi connectivity index (χ0v) is 16.4. The van der Waals surface area contributed by atoms with Crippen molar-refractivity contribution >= 4 is 22.9 Å². The summed E-state index contributed by atoms with van der Waals surface area (Å²) in [6.45, 7) is 4.25. The Morgan fingerprint density at radius 2 is 1.83 bits per heavy atom. The number of hydrogen-bond acceptors (Lipinski definition) is 8. The summed E-state index contributed by atoms with van der Waals surface area (Å²) < 4.78 is 5.51. The number of hydrogen-bond donors (Lipinski definition) is 2. The number of nitrogens with zero attached hydrogens (tertiary/aromatic N) is 5. The molecule has 0 aliphatic carbocycles. The number of nitrogens with two attached hydrogens (primary N) is 1. The number of anilines is 2. The number of aromatic nitrogens is 3. The molecule has 2 aromatic carbocycles. The quantitative estimate of drug-likeness (QED) is 0.537. The smallest absolute Gasteiger partial charge is 0.230 e. The monoisotopic (exact) mass is 402 g/mol. The summed E-state index contributed by atoms with van der Waals surface area (Å²) in [5.74, 6) is 1.36. The van der Waals surface area contributed by atoms with Gasteiger partial charge in [-0.3, -0.25) is 4.90 Å². The van der Waals surface area contributed by atoms with Gasteiger partial charge in [-0.15, -0.1) is 0 Å². The van der Waals surface area contributed by atoms with Crippen molar-refractivity contribution < 1.29 is 9.52 Å². The van der Waals surface area contributed by atoms with Crippen LogP contribution < -0.4 is 10.6 Å². The number of aromatic hydroxyl groups is 1. The van der Waals surface area contributed by atoms with Crippen LogP contribution in [0.15, 0.2) is 59.2 Å². The molecule has 0 saturated carbocycles. The molecular weight excluding hydrogens is 380 g/mol. The maximum Gasteiger partial charge on any atom is 0.230 e. The van der Waals surface area contributed by atoms with E-state index >= 15 is 0 Å². The standard InChI is InChI=1S/C22H22N6O2/c23-21-24-20(17-2-1-3-18(29)13-17)25-22(26-21)28-9-7-27(8-10-28)14-15-4-5-16-6-11-30-19(16)12-15/h1-6,11-13,29H,7-10,14H2,(H2,23,24,25,26). The first kappa shape index (κ1) is 18.4. The van der Waals surface area contributed by atoms with Crippen LogP contribution in [0.3, 0.4) is 0 Å². The normalized spacial score (nSPS) is 15.0. The van der Waals surface area contributed by atoms with Crippen LogP contribution in [0.4, 0.5) is 11.9 Å². The fourth-order valence-electron chi connectivity index (χ4n) is 3.76. The zero-order valence-electron chi connectivity index (χ0n) is 16.4. The van der Waals surface area contributed by atoms with E-state index in [9.17, 15) is 5.11 Å². The summed E-state index contributed by atoms with van der Waals surface area (Å²) in [6, 6.07) is 15.2. The maximum atomic E-state index is 9.73. The van der Waals surface area contributed by atoms with Crippen LogP contribution in [0.2, 0.25) is 0 Å². The Hall–Kier alpha value is -3.65. The minimum absolute atomic E-state index is 0.161. The molecule has 1 aliphatic heterocycles. The molecule has 3 N–H and O–H groups in total. The molecule has 0 amide bonds. The van der Waals surface area contributed by atoms with Gasteiger partial charge in [0.25, 0.3) is 0 Å². The lowest BCUT2D eigenvalue weighted by molar-refractivity contribution is 0.248. The van der Waals surface area contributed by atoms with Crippen LogP contribution in [0.25, 0.3) is 22.4 Å². The number of fused-ring (bicyclic) bond motifs is 1. The van der Waals surface area contributed by atoms with Gasteiger partial charge in [0, 0.05) is 43.7 Å². The molecule has 1 saturated heterocycles. The van der Waals surface area contributed by atoms with E-state index in [-0.39, 0.29) is 11.7 Å². The van der Waals surface area contributed by atoms with Gasteiger partial charge < -0.3 is 20.2 Å². The van der Waals surface area contributed by atoms with E-state index in [0.717, 1.165) is 43.7 Å². The minimum atomic E-state index is 0.161. The Morgan fingerprint density at radius 1 is 0.967 bits per heavy atom. The summed E-state index contributed by atoms with van der Waals surface area (Å²) in [6.07, 6.45) is 1.72. The Morgan fingerprint density at radius 3 is 2.67 bits per heavy atom. The van der Waals surface area contributed by atoms with Gasteiger partial charge >= 0.3 is 0 Å². The molecule has 0 spiro atoms. The average molecular weight is 402 g/mol. The van der Waals surface area contributed by atoms with Crippen LogP contribution in [0.1, 0.15) is 5.56 Å². The van der Waals surface area contributed by atoms with E-state index in [1.54, 1.807) is 24.5 Å². The van der Waals surface area contributed by atoms with Crippen molar-refractivity contribution in [1.82, 2.24) is 19.9 Å². The van der Waals surface area contributed by atoms with Crippen LogP contribution in [0, 0.1) is 0 Å². The highest BCUT2D eigenvalue weighted by atomic mass is 16.3. The molecule has 152 valence electrons. The summed E-state index contributed by atoms with van der Waals surface area (Å²) in [5, 5.41) is 10.9. The molecule has 5 rings (SSSR count). The molecule has 30 heavy (non-hydrogen) atoms. The van der Waals surface area contributed by atoms with E-state index in [1.807, 2.05) is 12.1 Å². The Labute approximate surface area is 173 Å². The number of rotatable bonds is 4. The van der Waals surface area contributed by atoms with Crippen LogP contribution in [-0.2, 0) is 6.54 Å². The van der Waals surface area contributed by atoms with Gasteiger partial charge in [0.15, 0.2) is 5.82 Å². The van der Waals surface area contributed by atoms with Crippen molar-refractivity contribution in [3.63, 3.8) is 0 Å². The Bertz CT molecular complexity index is 1180. The second-order valence-corrected chi connectivity index (χ2v) is 7.42. The van der Waals surface area contributed by atoms with Crippen molar-refractivity contribution in [2.45, 2.75) is 6.54 Å². The Balaban J connectivity index is 1.28. The molecule has 1 aliphatic rings. The first-order valence-corrected chi connectivity index (χ1v) is 9.88. The fraction of sp³-hybridized carbons (Fsp3) is 0.227. The fourth-order valence-corrected chi connectivity index (χ4v) is 3.76. The van der Waals surface area contributed by atoms with Crippen LogP contribution in [-0.4, -0.2) is 51.1 Å². The first-order valence-electron chi connectivity index (χ1n) is 9.88. The Kier molecular flexibility index (Phi) is 4.68. The van der Waals surface area contributed by atoms with Gasteiger partial charge in [0.2, 0.25) is 11.9 Å². The van der Waals surface area contributed by atoms with Crippen LogP contribution >= 0.6 is 0 Å². The molecular formula is C22H22N6O2. The lowest BCUT2D eigenvalue weighted by atomic mass is 10.1. The van der Waals surface area contributed by atoms with Crippen molar-refractivity contribution in [3.05, 3.63) is 60.4 Å². The average Bonchev–Trinajstić information content (AvgIpc) is 3.22. The van der Waals surface area contributed by atoms with Crippen molar-refractivity contribution in [1.29, 1.82) is 0 Å².